The normalized spacial score (nSPS) is 15.5. The average Bonchev–Trinajstić information content (AvgIpc) is 3.16. The van der Waals surface area contributed by atoms with Crippen molar-refractivity contribution in [1.82, 2.24) is 9.47 Å². The van der Waals surface area contributed by atoms with Crippen molar-refractivity contribution in [3.05, 3.63) is 41.7 Å². The molecule has 1 N–H and O–H groups in total. The molecule has 0 saturated carbocycles. The summed E-state index contributed by atoms with van der Waals surface area (Å²) in [5.41, 5.74) is 3.90. The molecule has 0 radical (unpaired) electrons. The summed E-state index contributed by atoms with van der Waals surface area (Å²) in [7, 11) is 1.00. The molecular formula is C22H38N2O2. The fourth-order valence-corrected chi connectivity index (χ4v) is 3.04. The van der Waals surface area contributed by atoms with Crippen LogP contribution in [0.5, 0.6) is 0 Å². The van der Waals surface area contributed by atoms with Gasteiger partial charge in [0.05, 0.1) is 0 Å². The first-order valence-electron chi connectivity index (χ1n) is 9.81. The second-order valence-electron chi connectivity index (χ2n) is 6.17. The minimum atomic E-state index is 0.509. The van der Waals surface area contributed by atoms with E-state index in [0.29, 0.717) is 6.42 Å². The Morgan fingerprint density at radius 2 is 1.85 bits per heavy atom. The monoisotopic (exact) mass is 362 g/mol. The highest BCUT2D eigenvalue weighted by Gasteiger charge is 2.11. The van der Waals surface area contributed by atoms with Crippen LogP contribution in [-0.4, -0.2) is 41.1 Å². The zero-order chi connectivity index (χ0) is 19.8. The molecule has 1 fully saturated rings. The van der Waals surface area contributed by atoms with E-state index in [2.05, 4.69) is 47.9 Å². The summed E-state index contributed by atoms with van der Waals surface area (Å²) in [5, 5.41) is 7.00. The van der Waals surface area contributed by atoms with Crippen LogP contribution in [0.1, 0.15) is 65.4 Å². The average molecular weight is 363 g/mol. The Labute approximate surface area is 160 Å². The largest absolute Gasteiger partial charge is 0.400 e. The number of aromatic nitrogens is 1. The second kappa shape index (κ2) is 15.6. The van der Waals surface area contributed by atoms with E-state index in [4.69, 9.17) is 5.11 Å². The number of aliphatic hydroxyl groups is 1. The molecule has 148 valence electrons. The predicted molar refractivity (Wildman–Crippen MR) is 112 cm³/mol. The molecule has 1 aromatic rings. The molecule has 2 rings (SSSR count). The van der Waals surface area contributed by atoms with Crippen molar-refractivity contribution in [2.45, 2.75) is 66.3 Å². The number of likely N-dealkylation sites (tertiary alicyclic amines) is 1. The van der Waals surface area contributed by atoms with Crippen LogP contribution in [0.4, 0.5) is 0 Å². The zero-order valence-electron chi connectivity index (χ0n) is 17.4. The number of carbonyl (C=O) groups excluding carboxylic acids is 1. The molecule has 1 aliphatic rings. The standard InChI is InChI=1S/C19H28N2O.C2H6.CH4O/c1-3-19(14-17(2)8-7-13-22)21-12-9-18(16-21)15-20-10-5-4-6-11-20;2*1-2/h3,8-9,12-13,16H,4-7,10-11,14-15H2,1-2H3;1-2H3;2H,1H3/b17-8-,19-3+;;. The summed E-state index contributed by atoms with van der Waals surface area (Å²) in [5.74, 6) is 0. The molecule has 0 bridgehead atoms. The maximum atomic E-state index is 10.5. The SMILES string of the molecule is C/C=C(\C/C(C)=C\CC=O)n1ccc(CN2CCCCC2)c1.CC.CO. The number of allylic oxidation sites excluding steroid dienone is 4. The van der Waals surface area contributed by atoms with Crippen LogP contribution < -0.4 is 0 Å². The van der Waals surface area contributed by atoms with Gasteiger partial charge in [0, 0.05) is 44.6 Å². The highest BCUT2D eigenvalue weighted by atomic mass is 16.2. The highest BCUT2D eigenvalue weighted by Crippen LogP contribution is 2.19. The Hall–Kier alpha value is -1.65. The first kappa shape index (κ1) is 24.4. The Bertz CT molecular complexity index is 538. The van der Waals surface area contributed by atoms with Crippen molar-refractivity contribution >= 4 is 12.0 Å². The number of hydrogen-bond acceptors (Lipinski definition) is 3. The van der Waals surface area contributed by atoms with Gasteiger partial charge in [-0.15, -0.1) is 0 Å². The Morgan fingerprint density at radius 1 is 1.19 bits per heavy atom. The number of rotatable bonds is 7. The highest BCUT2D eigenvalue weighted by molar-refractivity contribution is 5.54. The molecule has 4 heteroatoms. The van der Waals surface area contributed by atoms with Gasteiger partial charge in [0.1, 0.15) is 6.29 Å². The lowest BCUT2D eigenvalue weighted by Gasteiger charge is -2.25. The number of aliphatic hydroxyl groups excluding tert-OH is 1. The quantitative estimate of drug-likeness (QED) is 0.554. The third-order valence-electron chi connectivity index (χ3n) is 4.30. The summed E-state index contributed by atoms with van der Waals surface area (Å²) in [4.78, 5) is 13.0. The van der Waals surface area contributed by atoms with Gasteiger partial charge in [-0.25, -0.2) is 0 Å². The molecule has 0 atom stereocenters. The molecule has 0 aliphatic carbocycles. The van der Waals surface area contributed by atoms with Crippen LogP contribution in [0.3, 0.4) is 0 Å². The lowest BCUT2D eigenvalue weighted by atomic mass is 10.1. The first-order chi connectivity index (χ1) is 12.7. The topological polar surface area (TPSA) is 45.5 Å². The van der Waals surface area contributed by atoms with Crippen LogP contribution in [-0.2, 0) is 11.3 Å². The van der Waals surface area contributed by atoms with Gasteiger partial charge in [-0.2, -0.15) is 0 Å². The van der Waals surface area contributed by atoms with Crippen molar-refractivity contribution in [3.63, 3.8) is 0 Å². The van der Waals surface area contributed by atoms with Crippen molar-refractivity contribution in [2.24, 2.45) is 0 Å². The van der Waals surface area contributed by atoms with Crippen molar-refractivity contribution in [3.8, 4) is 0 Å². The molecule has 0 aromatic carbocycles. The number of hydrogen-bond donors (Lipinski definition) is 1. The van der Waals surface area contributed by atoms with E-state index in [1.54, 1.807) is 0 Å². The maximum absolute atomic E-state index is 10.5. The molecule has 1 saturated heterocycles. The summed E-state index contributed by atoms with van der Waals surface area (Å²) < 4.78 is 2.22. The minimum Gasteiger partial charge on any atom is -0.400 e. The van der Waals surface area contributed by atoms with E-state index in [0.717, 1.165) is 26.4 Å². The van der Waals surface area contributed by atoms with Crippen LogP contribution in [0, 0.1) is 0 Å². The van der Waals surface area contributed by atoms with Crippen LogP contribution in [0.15, 0.2) is 36.2 Å². The summed E-state index contributed by atoms with van der Waals surface area (Å²) in [6, 6.07) is 2.22. The third kappa shape index (κ3) is 9.16. The van der Waals surface area contributed by atoms with Gasteiger partial charge in [0.15, 0.2) is 0 Å². The molecule has 1 aromatic heterocycles. The van der Waals surface area contributed by atoms with E-state index in [9.17, 15) is 4.79 Å². The van der Waals surface area contributed by atoms with E-state index >= 15 is 0 Å². The van der Waals surface area contributed by atoms with Gasteiger partial charge in [-0.05, 0) is 51.4 Å². The van der Waals surface area contributed by atoms with Crippen molar-refractivity contribution < 1.29 is 9.90 Å². The van der Waals surface area contributed by atoms with Gasteiger partial charge >= 0.3 is 0 Å². The smallest absolute Gasteiger partial charge is 0.123 e. The minimum absolute atomic E-state index is 0.509. The third-order valence-corrected chi connectivity index (χ3v) is 4.30. The molecule has 0 amide bonds. The molecule has 0 unspecified atom stereocenters. The van der Waals surface area contributed by atoms with E-state index in [1.165, 1.54) is 49.2 Å². The fourth-order valence-electron chi connectivity index (χ4n) is 3.04. The number of nitrogens with zero attached hydrogens (tertiary/aromatic N) is 2. The van der Waals surface area contributed by atoms with Gasteiger partial charge in [-0.1, -0.05) is 38.0 Å². The lowest BCUT2D eigenvalue weighted by Crippen LogP contribution is -2.28. The Morgan fingerprint density at radius 3 is 2.42 bits per heavy atom. The van der Waals surface area contributed by atoms with Crippen LogP contribution in [0.2, 0.25) is 0 Å². The van der Waals surface area contributed by atoms with Gasteiger partial charge in [0.25, 0.3) is 0 Å². The number of aldehydes is 1. The molecule has 0 spiro atoms. The second-order valence-corrected chi connectivity index (χ2v) is 6.17. The van der Waals surface area contributed by atoms with E-state index < -0.39 is 0 Å². The van der Waals surface area contributed by atoms with Crippen LogP contribution in [0.25, 0.3) is 5.70 Å². The Kier molecular flexibility index (Phi) is 14.6. The molecule has 1 aliphatic heterocycles. The molecular weight excluding hydrogens is 324 g/mol. The predicted octanol–water partition coefficient (Wildman–Crippen LogP) is 4.89. The van der Waals surface area contributed by atoms with E-state index in [-0.39, 0.29) is 0 Å². The summed E-state index contributed by atoms with van der Waals surface area (Å²) >= 11 is 0. The van der Waals surface area contributed by atoms with Gasteiger partial charge < -0.3 is 14.5 Å². The summed E-state index contributed by atoms with van der Waals surface area (Å²) in [6.45, 7) is 11.7. The lowest BCUT2D eigenvalue weighted by molar-refractivity contribution is -0.107. The maximum Gasteiger partial charge on any atom is 0.123 e. The van der Waals surface area contributed by atoms with Gasteiger partial charge in [-0.3, -0.25) is 4.90 Å². The Balaban J connectivity index is 0.00000146. The number of piperidine rings is 1. The van der Waals surface area contributed by atoms with E-state index in [1.807, 2.05) is 19.9 Å². The zero-order valence-corrected chi connectivity index (χ0v) is 17.4. The molecule has 26 heavy (non-hydrogen) atoms. The van der Waals surface area contributed by atoms with Crippen molar-refractivity contribution in [1.29, 1.82) is 0 Å². The first-order valence-corrected chi connectivity index (χ1v) is 9.81. The molecule has 2 heterocycles. The van der Waals surface area contributed by atoms with Gasteiger partial charge in [0.2, 0.25) is 0 Å². The number of carbonyl (C=O) groups is 1. The van der Waals surface area contributed by atoms with Crippen molar-refractivity contribution in [2.75, 3.05) is 20.2 Å². The fraction of sp³-hybridized carbons (Fsp3) is 0.591. The van der Waals surface area contributed by atoms with Crippen LogP contribution >= 0.6 is 0 Å². The molecule has 4 nitrogen and oxygen atoms in total. The summed E-state index contributed by atoms with van der Waals surface area (Å²) in [6.07, 6.45) is 15.0.